The molecule has 21 heavy (non-hydrogen) atoms. The summed E-state index contributed by atoms with van der Waals surface area (Å²) in [6.07, 6.45) is 6.97. The van der Waals surface area contributed by atoms with Crippen LogP contribution < -0.4 is 10.0 Å². The van der Waals surface area contributed by atoms with Gasteiger partial charge in [-0.3, -0.25) is 0 Å². The molecule has 114 valence electrons. The van der Waals surface area contributed by atoms with Gasteiger partial charge in [0.1, 0.15) is 0 Å². The highest BCUT2D eigenvalue weighted by Crippen LogP contribution is 2.60. The Morgan fingerprint density at radius 3 is 2.81 bits per heavy atom. The number of fused-ring (bicyclic) bond motifs is 1. The van der Waals surface area contributed by atoms with Crippen molar-refractivity contribution in [2.45, 2.75) is 43.4 Å². The summed E-state index contributed by atoms with van der Waals surface area (Å²) < 4.78 is 27.9. The molecule has 0 spiro atoms. The van der Waals surface area contributed by atoms with Crippen molar-refractivity contribution < 1.29 is 8.42 Å². The Hall–Kier alpha value is -1.07. The average molecular weight is 306 g/mol. The van der Waals surface area contributed by atoms with Gasteiger partial charge in [-0.2, -0.15) is 0 Å². The van der Waals surface area contributed by atoms with Gasteiger partial charge in [0, 0.05) is 18.8 Å². The molecule has 0 radical (unpaired) electrons. The Bertz CT molecular complexity index is 661. The Morgan fingerprint density at radius 2 is 2.10 bits per heavy atom. The lowest BCUT2D eigenvalue weighted by Crippen LogP contribution is -2.31. The minimum Gasteiger partial charge on any atom is -0.385 e. The molecule has 4 nitrogen and oxygen atoms in total. The predicted octanol–water partition coefficient (Wildman–Crippen LogP) is 2.51. The van der Waals surface area contributed by atoms with Crippen LogP contribution in [0.2, 0.25) is 0 Å². The van der Waals surface area contributed by atoms with Gasteiger partial charge in [-0.05, 0) is 73.6 Å². The summed E-state index contributed by atoms with van der Waals surface area (Å²) in [5.74, 6) is 0.771. The van der Waals surface area contributed by atoms with E-state index in [9.17, 15) is 8.42 Å². The number of anilines is 1. The third-order valence-corrected chi connectivity index (χ3v) is 6.67. The quantitative estimate of drug-likeness (QED) is 0.879. The Labute approximate surface area is 126 Å². The third kappa shape index (κ3) is 2.57. The molecule has 0 bridgehead atoms. The molecule has 4 rings (SSSR count). The van der Waals surface area contributed by atoms with Crippen molar-refractivity contribution in [3.63, 3.8) is 0 Å². The number of rotatable bonds is 5. The monoisotopic (exact) mass is 306 g/mol. The lowest BCUT2D eigenvalue weighted by Gasteiger charge is -2.19. The topological polar surface area (TPSA) is 58.2 Å². The largest absolute Gasteiger partial charge is 0.385 e. The normalized spacial score (nSPS) is 23.2. The van der Waals surface area contributed by atoms with Crippen LogP contribution in [0.15, 0.2) is 23.1 Å². The van der Waals surface area contributed by atoms with E-state index in [4.69, 9.17) is 0 Å². The van der Waals surface area contributed by atoms with Gasteiger partial charge >= 0.3 is 0 Å². The molecule has 1 aliphatic heterocycles. The molecule has 0 saturated heterocycles. The minimum atomic E-state index is -3.37. The van der Waals surface area contributed by atoms with Gasteiger partial charge < -0.3 is 5.32 Å². The van der Waals surface area contributed by atoms with Crippen LogP contribution in [0.3, 0.4) is 0 Å². The highest BCUT2D eigenvalue weighted by atomic mass is 32.2. The van der Waals surface area contributed by atoms with E-state index in [1.807, 2.05) is 12.1 Å². The van der Waals surface area contributed by atoms with Crippen LogP contribution in [-0.4, -0.2) is 21.5 Å². The van der Waals surface area contributed by atoms with E-state index in [2.05, 4.69) is 10.0 Å². The molecule has 2 aliphatic carbocycles. The van der Waals surface area contributed by atoms with Crippen molar-refractivity contribution in [3.8, 4) is 0 Å². The van der Waals surface area contributed by atoms with Gasteiger partial charge in [0.05, 0.1) is 4.90 Å². The second-order valence-electron chi connectivity index (χ2n) is 6.81. The zero-order valence-electron chi connectivity index (χ0n) is 12.2. The van der Waals surface area contributed by atoms with E-state index in [0.29, 0.717) is 16.9 Å². The maximum absolute atomic E-state index is 12.5. The maximum atomic E-state index is 12.5. The van der Waals surface area contributed by atoms with Crippen molar-refractivity contribution in [3.05, 3.63) is 23.8 Å². The lowest BCUT2D eigenvalue weighted by molar-refractivity contribution is 0.432. The smallest absolute Gasteiger partial charge is 0.240 e. The molecule has 0 unspecified atom stereocenters. The van der Waals surface area contributed by atoms with Gasteiger partial charge in [-0.25, -0.2) is 13.1 Å². The standard InChI is InChI=1S/C16H22N2O2S/c19-21(20,18-11-16(7-8-16)13-3-4-13)14-5-6-15-12(10-14)2-1-9-17-15/h5-6,10,13,17-18H,1-4,7-9,11H2. The van der Waals surface area contributed by atoms with Gasteiger partial charge in [0.15, 0.2) is 0 Å². The molecular weight excluding hydrogens is 284 g/mol. The number of hydrogen-bond acceptors (Lipinski definition) is 3. The summed E-state index contributed by atoms with van der Waals surface area (Å²) in [6.45, 7) is 1.59. The number of benzene rings is 1. The third-order valence-electron chi connectivity index (χ3n) is 5.28. The van der Waals surface area contributed by atoms with Crippen molar-refractivity contribution in [1.29, 1.82) is 0 Å². The van der Waals surface area contributed by atoms with Crippen LogP contribution in [0.25, 0.3) is 0 Å². The fourth-order valence-electron chi connectivity index (χ4n) is 3.53. The number of aryl methyl sites for hydroxylation is 1. The van der Waals surface area contributed by atoms with Crippen molar-refractivity contribution in [2.24, 2.45) is 11.3 Å². The van der Waals surface area contributed by atoms with Gasteiger partial charge in [0.2, 0.25) is 10.0 Å². The van der Waals surface area contributed by atoms with Crippen molar-refractivity contribution >= 4 is 15.7 Å². The highest BCUT2D eigenvalue weighted by molar-refractivity contribution is 7.89. The second-order valence-corrected chi connectivity index (χ2v) is 8.58. The van der Waals surface area contributed by atoms with E-state index < -0.39 is 10.0 Å². The summed E-state index contributed by atoms with van der Waals surface area (Å²) >= 11 is 0. The molecular formula is C16H22N2O2S. The van der Waals surface area contributed by atoms with E-state index in [1.165, 1.54) is 25.7 Å². The molecule has 0 amide bonds. The molecule has 5 heteroatoms. The molecule has 3 aliphatic rings. The van der Waals surface area contributed by atoms with E-state index >= 15 is 0 Å². The fourth-order valence-corrected chi connectivity index (χ4v) is 4.71. The van der Waals surface area contributed by atoms with E-state index in [1.54, 1.807) is 6.07 Å². The first-order valence-corrected chi connectivity index (χ1v) is 9.44. The van der Waals surface area contributed by atoms with Crippen LogP contribution in [0.1, 0.15) is 37.7 Å². The number of sulfonamides is 1. The van der Waals surface area contributed by atoms with Crippen LogP contribution in [0.5, 0.6) is 0 Å². The molecule has 1 aromatic carbocycles. The lowest BCUT2D eigenvalue weighted by atomic mass is 10.0. The molecule has 2 N–H and O–H groups in total. The van der Waals surface area contributed by atoms with Crippen molar-refractivity contribution in [1.82, 2.24) is 4.72 Å². The molecule has 2 fully saturated rings. The summed E-state index contributed by atoms with van der Waals surface area (Å²) in [7, 11) is -3.37. The van der Waals surface area contributed by atoms with Gasteiger partial charge in [-0.15, -0.1) is 0 Å². The highest BCUT2D eigenvalue weighted by Gasteiger charge is 2.53. The Kier molecular flexibility index (Phi) is 3.05. The number of nitrogens with one attached hydrogen (secondary N) is 2. The molecule has 1 heterocycles. The Morgan fingerprint density at radius 1 is 1.29 bits per heavy atom. The average Bonchev–Trinajstić information content (AvgIpc) is 3.38. The number of hydrogen-bond donors (Lipinski definition) is 2. The summed E-state index contributed by atoms with van der Waals surface area (Å²) in [4.78, 5) is 0.413. The van der Waals surface area contributed by atoms with E-state index in [-0.39, 0.29) is 0 Å². The minimum absolute atomic E-state index is 0.294. The zero-order valence-corrected chi connectivity index (χ0v) is 13.0. The molecule has 0 atom stereocenters. The second kappa shape index (κ2) is 4.71. The summed E-state index contributed by atoms with van der Waals surface area (Å²) in [5, 5.41) is 3.32. The van der Waals surface area contributed by atoms with E-state index in [0.717, 1.165) is 36.6 Å². The van der Waals surface area contributed by atoms with Gasteiger partial charge in [-0.1, -0.05) is 0 Å². The summed E-state index contributed by atoms with van der Waals surface area (Å²) in [5.41, 5.74) is 2.49. The fraction of sp³-hybridized carbons (Fsp3) is 0.625. The Balaban J connectivity index is 1.51. The van der Waals surface area contributed by atoms with Crippen molar-refractivity contribution in [2.75, 3.05) is 18.4 Å². The van der Waals surface area contributed by atoms with Crippen LogP contribution >= 0.6 is 0 Å². The maximum Gasteiger partial charge on any atom is 0.240 e. The molecule has 0 aromatic heterocycles. The first kappa shape index (κ1) is 13.6. The molecule has 1 aromatic rings. The van der Waals surface area contributed by atoms with Crippen LogP contribution in [-0.2, 0) is 16.4 Å². The summed E-state index contributed by atoms with van der Waals surface area (Å²) in [6, 6.07) is 5.45. The van der Waals surface area contributed by atoms with Crippen LogP contribution in [0.4, 0.5) is 5.69 Å². The van der Waals surface area contributed by atoms with Gasteiger partial charge in [0.25, 0.3) is 0 Å². The first-order valence-electron chi connectivity index (χ1n) is 7.96. The molecule has 2 saturated carbocycles. The SMILES string of the molecule is O=S(=O)(NCC1(C2CC2)CC1)c1ccc2c(c1)CCCN2. The van der Waals surface area contributed by atoms with Crippen LogP contribution in [0, 0.1) is 11.3 Å². The zero-order chi connectivity index (χ0) is 14.5. The predicted molar refractivity (Wildman–Crippen MR) is 82.8 cm³/mol. The first-order chi connectivity index (χ1) is 10.1.